The highest BCUT2D eigenvalue weighted by Gasteiger charge is 2.28. The minimum absolute atomic E-state index is 0. The number of aliphatic hydroxyl groups excluding tert-OH is 1. The maximum Gasteiger partial charge on any atom is 0.251 e. The van der Waals surface area contributed by atoms with Gasteiger partial charge in [0, 0.05) is 41.9 Å². The van der Waals surface area contributed by atoms with Gasteiger partial charge in [-0.3, -0.25) is 9.10 Å². The van der Waals surface area contributed by atoms with E-state index < -0.39 is 22.2 Å². The van der Waals surface area contributed by atoms with Crippen molar-refractivity contribution in [3.63, 3.8) is 0 Å². The first-order valence-electron chi connectivity index (χ1n) is 14.6. The van der Waals surface area contributed by atoms with Crippen LogP contribution in [0.4, 0.5) is 11.4 Å². The Hall–Kier alpha value is -2.82. The lowest BCUT2D eigenvalue weighted by molar-refractivity contribution is 0.0824. The highest BCUT2D eigenvalue weighted by atomic mass is 35.5. The SMILES string of the molecule is CCNc1cc(C(=O)N[C@@H](Cc2ccccc2)[C@H](O)CNC(CC)c2cccc(Cl)c2)cc(N2CCCCS2(=O)=O)c1.Cl. The third-order valence-corrected chi connectivity index (χ3v) is 9.61. The maximum absolute atomic E-state index is 13.7. The Morgan fingerprint density at radius 3 is 2.47 bits per heavy atom. The van der Waals surface area contributed by atoms with Gasteiger partial charge in [0.2, 0.25) is 10.0 Å². The number of carbonyl (C=O) groups is 1. The molecule has 4 N–H and O–H groups in total. The molecule has 8 nitrogen and oxygen atoms in total. The highest BCUT2D eigenvalue weighted by Crippen LogP contribution is 2.28. The summed E-state index contributed by atoms with van der Waals surface area (Å²) in [5, 5.41) is 21.7. The molecule has 1 aliphatic rings. The van der Waals surface area contributed by atoms with E-state index in [2.05, 4.69) is 22.9 Å². The third-order valence-electron chi connectivity index (χ3n) is 7.51. The maximum atomic E-state index is 13.7. The molecule has 1 amide bonds. The number of amides is 1. The summed E-state index contributed by atoms with van der Waals surface area (Å²) in [6.07, 6.45) is 1.70. The van der Waals surface area contributed by atoms with E-state index in [1.54, 1.807) is 18.2 Å². The molecule has 1 saturated heterocycles. The van der Waals surface area contributed by atoms with Gasteiger partial charge in [-0.1, -0.05) is 61.0 Å². The smallest absolute Gasteiger partial charge is 0.251 e. The molecule has 234 valence electrons. The van der Waals surface area contributed by atoms with Crippen LogP contribution in [0.2, 0.25) is 5.02 Å². The Balaban J connectivity index is 0.00000506. The van der Waals surface area contributed by atoms with Crippen LogP contribution >= 0.6 is 24.0 Å². The number of carbonyl (C=O) groups excluding carboxylic acids is 1. The number of aliphatic hydroxyl groups is 1. The zero-order valence-electron chi connectivity index (χ0n) is 24.6. The van der Waals surface area contributed by atoms with Crippen molar-refractivity contribution in [1.82, 2.24) is 10.6 Å². The van der Waals surface area contributed by atoms with E-state index in [1.165, 1.54) is 4.31 Å². The first kappa shape index (κ1) is 34.7. The lowest BCUT2D eigenvalue weighted by atomic mass is 9.99. The van der Waals surface area contributed by atoms with E-state index in [-0.39, 0.29) is 36.7 Å². The van der Waals surface area contributed by atoms with E-state index in [0.29, 0.717) is 47.9 Å². The van der Waals surface area contributed by atoms with E-state index in [0.717, 1.165) is 24.0 Å². The number of nitrogens with zero attached hydrogens (tertiary/aromatic N) is 1. The summed E-state index contributed by atoms with van der Waals surface area (Å²) in [4.78, 5) is 13.7. The molecular formula is C32H42Cl2N4O4S. The van der Waals surface area contributed by atoms with Crippen LogP contribution in [0.3, 0.4) is 0 Å². The summed E-state index contributed by atoms with van der Waals surface area (Å²) in [6, 6.07) is 21.8. The normalized spacial score (nSPS) is 16.4. The minimum atomic E-state index is -3.45. The van der Waals surface area contributed by atoms with Crippen molar-refractivity contribution < 1.29 is 18.3 Å². The van der Waals surface area contributed by atoms with Crippen LogP contribution in [-0.4, -0.2) is 57.0 Å². The molecule has 1 fully saturated rings. The highest BCUT2D eigenvalue weighted by molar-refractivity contribution is 7.92. The zero-order valence-corrected chi connectivity index (χ0v) is 27.0. The van der Waals surface area contributed by atoms with Crippen LogP contribution in [-0.2, 0) is 16.4 Å². The fraction of sp³-hybridized carbons (Fsp3) is 0.406. The Kier molecular flexibility index (Phi) is 13.1. The lowest BCUT2D eigenvalue weighted by Crippen LogP contribution is -2.49. The van der Waals surface area contributed by atoms with E-state index in [4.69, 9.17) is 11.6 Å². The van der Waals surface area contributed by atoms with Gasteiger partial charge in [-0.25, -0.2) is 8.42 Å². The zero-order chi connectivity index (χ0) is 30.1. The van der Waals surface area contributed by atoms with Crippen molar-refractivity contribution in [3.05, 3.63) is 94.5 Å². The molecule has 0 spiro atoms. The van der Waals surface area contributed by atoms with Gasteiger partial charge in [-0.05, 0) is 74.1 Å². The van der Waals surface area contributed by atoms with Crippen molar-refractivity contribution >= 4 is 51.3 Å². The largest absolute Gasteiger partial charge is 0.390 e. The molecule has 4 rings (SSSR count). The summed E-state index contributed by atoms with van der Waals surface area (Å²) in [5.74, 6) is -0.293. The summed E-state index contributed by atoms with van der Waals surface area (Å²) < 4.78 is 27.1. The number of sulfonamides is 1. The Morgan fingerprint density at radius 2 is 1.79 bits per heavy atom. The number of hydrogen-bond acceptors (Lipinski definition) is 6. The summed E-state index contributed by atoms with van der Waals surface area (Å²) in [6.45, 7) is 5.24. The van der Waals surface area contributed by atoms with Crippen LogP contribution in [0.25, 0.3) is 0 Å². The third kappa shape index (κ3) is 9.58. The van der Waals surface area contributed by atoms with Crippen molar-refractivity contribution in [2.24, 2.45) is 0 Å². The van der Waals surface area contributed by atoms with Crippen molar-refractivity contribution in [2.45, 2.75) is 57.7 Å². The Morgan fingerprint density at radius 1 is 1.02 bits per heavy atom. The average Bonchev–Trinajstić information content (AvgIpc) is 2.97. The van der Waals surface area contributed by atoms with Gasteiger partial charge in [0.15, 0.2) is 0 Å². The fourth-order valence-electron chi connectivity index (χ4n) is 5.30. The van der Waals surface area contributed by atoms with Gasteiger partial charge in [0.1, 0.15) is 0 Å². The lowest BCUT2D eigenvalue weighted by Gasteiger charge is -2.29. The number of halogens is 2. The number of nitrogens with one attached hydrogen (secondary N) is 3. The van der Waals surface area contributed by atoms with Gasteiger partial charge in [-0.15, -0.1) is 12.4 Å². The molecule has 3 aromatic rings. The molecule has 0 aromatic heterocycles. The molecule has 0 aliphatic carbocycles. The molecule has 0 saturated carbocycles. The Labute approximate surface area is 266 Å². The quantitative estimate of drug-likeness (QED) is 0.193. The van der Waals surface area contributed by atoms with Crippen molar-refractivity contribution in [1.29, 1.82) is 0 Å². The van der Waals surface area contributed by atoms with E-state index >= 15 is 0 Å². The first-order chi connectivity index (χ1) is 20.2. The second kappa shape index (κ2) is 16.3. The molecule has 0 bridgehead atoms. The van der Waals surface area contributed by atoms with Gasteiger partial charge in [0.05, 0.1) is 23.6 Å². The van der Waals surface area contributed by atoms with Gasteiger partial charge in [0.25, 0.3) is 5.91 Å². The molecule has 3 aromatic carbocycles. The fourth-order valence-corrected chi connectivity index (χ4v) is 7.12. The number of anilines is 2. The van der Waals surface area contributed by atoms with Gasteiger partial charge in [-0.2, -0.15) is 0 Å². The predicted molar refractivity (Wildman–Crippen MR) is 178 cm³/mol. The van der Waals surface area contributed by atoms with E-state index in [9.17, 15) is 18.3 Å². The standard InChI is InChI=1S/C32H41ClN4O4S.ClH/c1-3-29(24-13-10-14-26(33)18-24)35-22-31(38)30(17-23-11-6-5-7-12-23)36-32(39)25-19-27(34-4-2)21-28(20-25)37-15-8-9-16-42(37,40)41;/h5-7,10-14,18-21,29-31,34-35,38H,3-4,8-9,15-17,22H2,1-2H3,(H,36,39);1H/t29?,30-,31+;/m0./s1. The van der Waals surface area contributed by atoms with Crippen LogP contribution in [0, 0.1) is 0 Å². The second-order valence-corrected chi connectivity index (χ2v) is 13.1. The molecule has 1 aliphatic heterocycles. The monoisotopic (exact) mass is 648 g/mol. The van der Waals surface area contributed by atoms with Crippen LogP contribution in [0.1, 0.15) is 60.6 Å². The topological polar surface area (TPSA) is 111 Å². The van der Waals surface area contributed by atoms with Crippen LogP contribution in [0.5, 0.6) is 0 Å². The molecule has 1 heterocycles. The average molecular weight is 650 g/mol. The Bertz CT molecular complexity index is 1440. The summed E-state index contributed by atoms with van der Waals surface area (Å²) >= 11 is 6.21. The first-order valence-corrected chi connectivity index (χ1v) is 16.6. The molecule has 0 radical (unpaired) electrons. The minimum Gasteiger partial charge on any atom is -0.390 e. The number of hydrogen-bond donors (Lipinski definition) is 4. The number of rotatable bonds is 13. The molecule has 43 heavy (non-hydrogen) atoms. The van der Waals surface area contributed by atoms with Gasteiger partial charge >= 0.3 is 0 Å². The number of benzene rings is 3. The van der Waals surface area contributed by atoms with Crippen molar-refractivity contribution in [3.8, 4) is 0 Å². The van der Waals surface area contributed by atoms with E-state index in [1.807, 2.05) is 61.5 Å². The van der Waals surface area contributed by atoms with Crippen LogP contribution < -0.4 is 20.3 Å². The predicted octanol–water partition coefficient (Wildman–Crippen LogP) is 5.57. The molecular weight excluding hydrogens is 607 g/mol. The molecule has 11 heteroatoms. The molecule has 3 atom stereocenters. The van der Waals surface area contributed by atoms with Crippen LogP contribution in [0.15, 0.2) is 72.8 Å². The summed E-state index contributed by atoms with van der Waals surface area (Å²) in [7, 11) is -3.45. The molecule has 1 unspecified atom stereocenters. The second-order valence-electron chi connectivity index (χ2n) is 10.7. The summed E-state index contributed by atoms with van der Waals surface area (Å²) in [5.41, 5.74) is 3.46. The van der Waals surface area contributed by atoms with Gasteiger partial charge < -0.3 is 21.1 Å². The van der Waals surface area contributed by atoms with Crippen molar-refractivity contribution in [2.75, 3.05) is 35.0 Å².